The first-order chi connectivity index (χ1) is 10.2. The molecule has 0 amide bonds. The Kier molecular flexibility index (Phi) is 3.39. The molecule has 1 aromatic carbocycles. The molecule has 106 valence electrons. The fourth-order valence-electron chi connectivity index (χ4n) is 2.30. The van der Waals surface area contributed by atoms with E-state index in [0.29, 0.717) is 17.0 Å². The number of Topliss-reactive ketones (excluding diaryl/α,β-unsaturated/α-hetero) is 1. The van der Waals surface area contributed by atoms with Crippen molar-refractivity contribution in [2.75, 3.05) is 6.61 Å². The summed E-state index contributed by atoms with van der Waals surface area (Å²) in [6.07, 6.45) is 2.90. The molecule has 1 atom stereocenters. The lowest BCUT2D eigenvalue weighted by atomic mass is 9.92. The highest BCUT2D eigenvalue weighted by atomic mass is 16.5. The van der Waals surface area contributed by atoms with Crippen LogP contribution in [0.15, 0.2) is 46.0 Å². The number of carbonyl (C=O) groups is 2. The van der Waals surface area contributed by atoms with Gasteiger partial charge in [-0.3, -0.25) is 14.6 Å². The number of ketones is 1. The molecule has 1 unspecified atom stereocenters. The molecule has 0 radical (unpaired) electrons. The lowest BCUT2D eigenvalue weighted by Crippen LogP contribution is -2.29. The lowest BCUT2D eigenvalue weighted by Gasteiger charge is -2.17. The Morgan fingerprint density at radius 1 is 1.29 bits per heavy atom. The van der Waals surface area contributed by atoms with Gasteiger partial charge in [-0.1, -0.05) is 6.07 Å². The molecule has 0 saturated carbocycles. The van der Waals surface area contributed by atoms with Gasteiger partial charge in [-0.25, -0.2) is 0 Å². The maximum absolute atomic E-state index is 12.4. The van der Waals surface area contributed by atoms with E-state index >= 15 is 0 Å². The zero-order chi connectivity index (χ0) is 14.8. The highest BCUT2D eigenvalue weighted by Gasteiger charge is 2.33. The van der Waals surface area contributed by atoms with Crippen LogP contribution < -0.4 is 0 Å². The smallest absolute Gasteiger partial charge is 0.322 e. The Bertz CT molecular complexity index is 716. The Hall–Kier alpha value is -2.69. The summed E-state index contributed by atoms with van der Waals surface area (Å²) in [5, 5.41) is 0. The van der Waals surface area contributed by atoms with Gasteiger partial charge in [-0.05, 0) is 31.2 Å². The summed E-state index contributed by atoms with van der Waals surface area (Å²) in [6, 6.07) is 8.80. The lowest BCUT2D eigenvalue weighted by molar-refractivity contribution is -0.143. The molecule has 2 heterocycles. The number of fused-ring (bicyclic) bond motifs is 1. The topological polar surface area (TPSA) is 68.9 Å². The van der Waals surface area contributed by atoms with Crippen LogP contribution in [-0.2, 0) is 9.53 Å². The van der Waals surface area contributed by atoms with Crippen LogP contribution in [0.1, 0.15) is 17.3 Å². The molecule has 1 aromatic heterocycles. The maximum atomic E-state index is 12.4. The van der Waals surface area contributed by atoms with E-state index in [1.165, 1.54) is 6.21 Å². The fraction of sp³-hybridized carbons (Fsp3) is 0.188. The number of esters is 1. The molecule has 0 bridgehead atoms. The number of para-hydroxylation sites is 1. The monoisotopic (exact) mass is 283 g/mol. The van der Waals surface area contributed by atoms with Crippen molar-refractivity contribution in [3.63, 3.8) is 0 Å². The first kappa shape index (κ1) is 13.3. The summed E-state index contributed by atoms with van der Waals surface area (Å²) in [7, 11) is 0. The zero-order valence-electron chi connectivity index (χ0n) is 11.4. The van der Waals surface area contributed by atoms with E-state index < -0.39 is 11.9 Å². The van der Waals surface area contributed by atoms with Crippen LogP contribution in [0.3, 0.4) is 0 Å². The fourth-order valence-corrected chi connectivity index (χ4v) is 2.30. The summed E-state index contributed by atoms with van der Waals surface area (Å²) in [4.78, 5) is 28.5. The number of furan rings is 1. The van der Waals surface area contributed by atoms with Crippen molar-refractivity contribution in [2.24, 2.45) is 10.9 Å². The molecular formula is C16H13NO4. The third kappa shape index (κ3) is 2.27. The number of hydrogen-bond donors (Lipinski definition) is 0. The van der Waals surface area contributed by atoms with E-state index in [-0.39, 0.29) is 12.4 Å². The Labute approximate surface area is 121 Å². The summed E-state index contributed by atoms with van der Waals surface area (Å²) in [5.41, 5.74) is 1.66. The Morgan fingerprint density at radius 3 is 2.81 bits per heavy atom. The summed E-state index contributed by atoms with van der Waals surface area (Å²) in [6.45, 7) is 1.93. The maximum Gasteiger partial charge on any atom is 0.322 e. The van der Waals surface area contributed by atoms with E-state index in [0.717, 1.165) is 5.56 Å². The minimum Gasteiger partial charge on any atom is -0.465 e. The number of aliphatic imine (C=N–C) groups is 1. The molecule has 0 spiro atoms. The largest absolute Gasteiger partial charge is 0.465 e. The standard InChI is InChI=1S/C16H13NO4/c1-2-20-16(19)12-9-17-14-10(13-7-4-8-21-13)5-3-6-11(14)15(12)18/h3-9,12H,2H2,1H3. The van der Waals surface area contributed by atoms with Gasteiger partial charge >= 0.3 is 5.97 Å². The second-order valence-electron chi connectivity index (χ2n) is 4.55. The van der Waals surface area contributed by atoms with Gasteiger partial charge in [-0.15, -0.1) is 0 Å². The van der Waals surface area contributed by atoms with Crippen molar-refractivity contribution >= 4 is 23.7 Å². The predicted octanol–water partition coefficient (Wildman–Crippen LogP) is 3.02. The number of benzene rings is 1. The SMILES string of the molecule is CCOC(=O)C1C=Nc2c(cccc2-c2ccco2)C1=O. The van der Waals surface area contributed by atoms with Crippen LogP contribution >= 0.6 is 0 Å². The minimum atomic E-state index is -0.968. The summed E-state index contributed by atoms with van der Waals surface area (Å²) >= 11 is 0. The molecule has 21 heavy (non-hydrogen) atoms. The Morgan fingerprint density at radius 2 is 2.10 bits per heavy atom. The highest BCUT2D eigenvalue weighted by molar-refractivity contribution is 6.23. The number of ether oxygens (including phenoxy) is 1. The summed E-state index contributed by atoms with van der Waals surface area (Å²) in [5.74, 6) is -1.21. The van der Waals surface area contributed by atoms with Crippen molar-refractivity contribution in [2.45, 2.75) is 6.92 Å². The van der Waals surface area contributed by atoms with Gasteiger partial charge in [0, 0.05) is 17.3 Å². The molecule has 1 aliphatic rings. The van der Waals surface area contributed by atoms with Gasteiger partial charge in [0.1, 0.15) is 5.76 Å². The van der Waals surface area contributed by atoms with Crippen LogP contribution in [0.5, 0.6) is 0 Å². The number of nitrogens with zero attached hydrogens (tertiary/aromatic N) is 1. The van der Waals surface area contributed by atoms with Crippen molar-refractivity contribution in [1.82, 2.24) is 0 Å². The van der Waals surface area contributed by atoms with Crippen LogP contribution in [0.2, 0.25) is 0 Å². The first-order valence-corrected chi connectivity index (χ1v) is 6.64. The quantitative estimate of drug-likeness (QED) is 0.641. The van der Waals surface area contributed by atoms with Gasteiger partial charge < -0.3 is 9.15 Å². The van der Waals surface area contributed by atoms with Crippen LogP contribution in [0.25, 0.3) is 11.3 Å². The summed E-state index contributed by atoms with van der Waals surface area (Å²) < 4.78 is 10.3. The van der Waals surface area contributed by atoms with Crippen LogP contribution in [-0.4, -0.2) is 24.6 Å². The molecule has 2 aromatic rings. The zero-order valence-corrected chi connectivity index (χ0v) is 11.4. The van der Waals surface area contributed by atoms with Gasteiger partial charge in [0.05, 0.1) is 18.6 Å². The van der Waals surface area contributed by atoms with E-state index in [2.05, 4.69) is 4.99 Å². The number of carbonyl (C=O) groups excluding carboxylic acids is 2. The minimum absolute atomic E-state index is 0.232. The van der Waals surface area contributed by atoms with E-state index in [9.17, 15) is 9.59 Å². The van der Waals surface area contributed by atoms with Gasteiger partial charge in [0.25, 0.3) is 0 Å². The molecule has 3 rings (SSSR count). The highest BCUT2D eigenvalue weighted by Crippen LogP contribution is 2.37. The molecule has 0 fully saturated rings. The molecule has 1 aliphatic heterocycles. The van der Waals surface area contributed by atoms with Crippen molar-refractivity contribution < 1.29 is 18.7 Å². The second kappa shape index (κ2) is 5.36. The van der Waals surface area contributed by atoms with Gasteiger partial charge in [-0.2, -0.15) is 0 Å². The second-order valence-corrected chi connectivity index (χ2v) is 4.55. The molecule has 5 nitrogen and oxygen atoms in total. The number of hydrogen-bond acceptors (Lipinski definition) is 5. The van der Waals surface area contributed by atoms with E-state index in [1.54, 1.807) is 37.5 Å². The molecular weight excluding hydrogens is 270 g/mol. The van der Waals surface area contributed by atoms with Crippen LogP contribution in [0.4, 0.5) is 5.69 Å². The van der Waals surface area contributed by atoms with Crippen molar-refractivity contribution in [3.8, 4) is 11.3 Å². The molecule has 0 aliphatic carbocycles. The average molecular weight is 283 g/mol. The Balaban J connectivity index is 2.04. The van der Waals surface area contributed by atoms with Gasteiger partial charge in [0.2, 0.25) is 0 Å². The normalized spacial score (nSPS) is 16.6. The van der Waals surface area contributed by atoms with E-state index in [4.69, 9.17) is 9.15 Å². The first-order valence-electron chi connectivity index (χ1n) is 6.64. The number of rotatable bonds is 3. The third-order valence-corrected chi connectivity index (χ3v) is 3.26. The predicted molar refractivity (Wildman–Crippen MR) is 76.7 cm³/mol. The molecule has 0 N–H and O–H groups in total. The van der Waals surface area contributed by atoms with Crippen molar-refractivity contribution in [1.29, 1.82) is 0 Å². The van der Waals surface area contributed by atoms with Gasteiger partial charge in [0.15, 0.2) is 11.7 Å². The van der Waals surface area contributed by atoms with Crippen molar-refractivity contribution in [3.05, 3.63) is 42.2 Å². The average Bonchev–Trinajstić information content (AvgIpc) is 3.01. The molecule has 5 heteroatoms. The third-order valence-electron chi connectivity index (χ3n) is 3.26. The van der Waals surface area contributed by atoms with E-state index in [1.807, 2.05) is 6.07 Å². The molecule has 0 saturated heterocycles. The van der Waals surface area contributed by atoms with Crippen LogP contribution in [0, 0.1) is 5.92 Å².